The van der Waals surface area contributed by atoms with Gasteiger partial charge in [-0.3, -0.25) is 14.4 Å². The number of terminal acetylenes is 1. The van der Waals surface area contributed by atoms with Crippen molar-refractivity contribution in [2.75, 3.05) is 0 Å². The number of hydrogen-bond donors (Lipinski definition) is 1. The van der Waals surface area contributed by atoms with Crippen molar-refractivity contribution in [1.29, 1.82) is 0 Å². The molecule has 0 heterocycles. The number of ketones is 2. The molecule has 5 nitrogen and oxygen atoms in total. The minimum Gasteiger partial charge on any atom is -0.445 e. The zero-order valence-electron chi connectivity index (χ0n) is 27.4. The standard InChI is InChI=1S/C40H52O5/c1-4-40(18-15-34-31-9-5-23-19-26(41)7-10-27(23)28(31)14-17-39(34,40)3)45-37(44)22-25-20-32-24(21-35(25)42)6-8-30-29(32)13-16-38(2)33(30)11-12-36(38)43/h1,19,21,25,27-34,36,43H,5-18,20,22H2,2-3H3/t25?,27?,28?,29-,30+,31?,32-,33-,34?,36-,38-,39-,40-/m0/s1. The van der Waals surface area contributed by atoms with E-state index in [9.17, 15) is 19.5 Å². The van der Waals surface area contributed by atoms with Crippen LogP contribution in [-0.4, -0.2) is 34.3 Å². The highest BCUT2D eigenvalue weighted by molar-refractivity contribution is 5.95. The molecule has 13 atom stereocenters. The Morgan fingerprint density at radius 2 is 1.56 bits per heavy atom. The third kappa shape index (κ3) is 4.39. The molecule has 0 aliphatic heterocycles. The number of carbonyl (C=O) groups is 3. The molecular formula is C40H52O5. The highest BCUT2D eigenvalue weighted by atomic mass is 16.6. The number of aliphatic hydroxyl groups excluding tert-OH is 1. The van der Waals surface area contributed by atoms with Gasteiger partial charge in [-0.05, 0) is 155 Å². The lowest BCUT2D eigenvalue weighted by Crippen LogP contribution is -2.54. The van der Waals surface area contributed by atoms with Gasteiger partial charge in [0.15, 0.2) is 17.2 Å². The maximum Gasteiger partial charge on any atom is 0.308 e. The van der Waals surface area contributed by atoms with Gasteiger partial charge in [0.1, 0.15) is 0 Å². The lowest BCUT2D eigenvalue weighted by Gasteiger charge is -2.55. The molecule has 0 spiro atoms. The lowest BCUT2D eigenvalue weighted by molar-refractivity contribution is -0.172. The van der Waals surface area contributed by atoms with Crippen LogP contribution in [-0.2, 0) is 19.1 Å². The normalized spacial score (nSPS) is 50.0. The van der Waals surface area contributed by atoms with Crippen molar-refractivity contribution in [3.8, 4) is 12.3 Å². The average Bonchev–Trinajstić information content (AvgIpc) is 3.49. The molecule has 0 aromatic rings. The van der Waals surface area contributed by atoms with E-state index in [1.165, 1.54) is 11.1 Å². The van der Waals surface area contributed by atoms with Crippen LogP contribution in [0.2, 0.25) is 0 Å². The van der Waals surface area contributed by atoms with Crippen LogP contribution in [0.25, 0.3) is 0 Å². The molecule has 6 fully saturated rings. The first-order chi connectivity index (χ1) is 21.6. The molecule has 8 aliphatic carbocycles. The van der Waals surface area contributed by atoms with E-state index >= 15 is 0 Å². The van der Waals surface area contributed by atoms with E-state index in [0.717, 1.165) is 83.5 Å². The Morgan fingerprint density at radius 3 is 2.33 bits per heavy atom. The van der Waals surface area contributed by atoms with Crippen LogP contribution in [0.1, 0.15) is 117 Å². The van der Waals surface area contributed by atoms with E-state index in [2.05, 4.69) is 19.8 Å². The third-order valence-electron chi connectivity index (χ3n) is 15.8. The van der Waals surface area contributed by atoms with Crippen LogP contribution < -0.4 is 0 Å². The summed E-state index contributed by atoms with van der Waals surface area (Å²) in [5, 5.41) is 10.8. The minimum atomic E-state index is -0.913. The van der Waals surface area contributed by atoms with Crippen LogP contribution >= 0.6 is 0 Å². The summed E-state index contributed by atoms with van der Waals surface area (Å²) < 4.78 is 6.46. The minimum absolute atomic E-state index is 0.0417. The van der Waals surface area contributed by atoms with E-state index < -0.39 is 5.60 Å². The Labute approximate surface area is 269 Å². The second kappa shape index (κ2) is 10.7. The monoisotopic (exact) mass is 612 g/mol. The Morgan fingerprint density at radius 1 is 0.844 bits per heavy atom. The number of ether oxygens (including phenoxy) is 1. The summed E-state index contributed by atoms with van der Waals surface area (Å²) in [5.74, 6) is 7.02. The van der Waals surface area contributed by atoms with Gasteiger partial charge in [-0.2, -0.15) is 0 Å². The van der Waals surface area contributed by atoms with Crippen molar-refractivity contribution >= 4 is 17.5 Å². The Balaban J connectivity index is 0.962. The van der Waals surface area contributed by atoms with Crippen LogP contribution in [0.4, 0.5) is 0 Å². The molecule has 0 amide bonds. The maximum atomic E-state index is 13.8. The molecule has 1 N–H and O–H groups in total. The van der Waals surface area contributed by atoms with Crippen LogP contribution in [0, 0.1) is 76.4 Å². The van der Waals surface area contributed by atoms with Crippen molar-refractivity contribution in [2.45, 2.75) is 128 Å². The molecule has 8 aliphatic rings. The van der Waals surface area contributed by atoms with Gasteiger partial charge in [-0.1, -0.05) is 30.9 Å². The largest absolute Gasteiger partial charge is 0.445 e. The highest BCUT2D eigenvalue weighted by Crippen LogP contribution is 2.66. The molecule has 0 bridgehead atoms. The van der Waals surface area contributed by atoms with Gasteiger partial charge in [0.2, 0.25) is 0 Å². The summed E-state index contributed by atoms with van der Waals surface area (Å²) >= 11 is 0. The summed E-state index contributed by atoms with van der Waals surface area (Å²) in [5.41, 5.74) is 1.56. The molecule has 0 radical (unpaired) electrons. The van der Waals surface area contributed by atoms with Gasteiger partial charge in [0.25, 0.3) is 0 Å². The lowest BCUT2D eigenvalue weighted by atomic mass is 9.50. The van der Waals surface area contributed by atoms with Crippen LogP contribution in [0.5, 0.6) is 0 Å². The van der Waals surface area contributed by atoms with E-state index in [0.29, 0.717) is 66.0 Å². The van der Waals surface area contributed by atoms with Crippen LogP contribution in [0.15, 0.2) is 23.3 Å². The summed E-state index contributed by atoms with van der Waals surface area (Å²) in [6.07, 6.45) is 24.6. The molecular weight excluding hydrogens is 560 g/mol. The molecule has 8 rings (SSSR count). The van der Waals surface area contributed by atoms with E-state index in [-0.39, 0.29) is 41.0 Å². The van der Waals surface area contributed by atoms with Crippen LogP contribution in [0.3, 0.4) is 0 Å². The van der Waals surface area contributed by atoms with E-state index in [1.807, 2.05) is 12.2 Å². The topological polar surface area (TPSA) is 80.7 Å². The molecule has 0 aromatic carbocycles. The number of allylic oxidation sites excluding steroid dienone is 2. The summed E-state index contributed by atoms with van der Waals surface area (Å²) in [7, 11) is 0. The SMILES string of the molecule is C#C[C@]1(OC(=O)CC2C[C@H]3C(=CC2=O)CC[C@@H]2[C@@H]3CC[C@]3(C)[C@@H](O)CC[C@@H]23)CCC2C3CCC4=CC(=O)CCC4C3CC[C@@]21C. The number of esters is 1. The first-order valence-electron chi connectivity index (χ1n) is 18.4. The first kappa shape index (κ1) is 30.2. The second-order valence-corrected chi connectivity index (χ2v) is 17.2. The van der Waals surface area contributed by atoms with Crippen molar-refractivity contribution in [3.63, 3.8) is 0 Å². The van der Waals surface area contributed by atoms with E-state index in [4.69, 9.17) is 11.2 Å². The summed E-state index contributed by atoms with van der Waals surface area (Å²) in [6, 6.07) is 0. The highest BCUT2D eigenvalue weighted by Gasteiger charge is 2.64. The Hall–Kier alpha value is -2.19. The molecule has 6 saturated carbocycles. The molecule has 0 saturated heterocycles. The number of aliphatic hydroxyl groups is 1. The number of hydrogen-bond acceptors (Lipinski definition) is 5. The number of carbonyl (C=O) groups excluding carboxylic acids is 3. The second-order valence-electron chi connectivity index (χ2n) is 17.2. The zero-order valence-corrected chi connectivity index (χ0v) is 27.4. The number of fused-ring (bicyclic) bond motifs is 10. The quantitative estimate of drug-likeness (QED) is 0.270. The molecule has 45 heavy (non-hydrogen) atoms. The molecule has 5 heteroatoms. The van der Waals surface area contributed by atoms with Gasteiger partial charge >= 0.3 is 5.97 Å². The zero-order chi connectivity index (χ0) is 31.3. The summed E-state index contributed by atoms with van der Waals surface area (Å²) in [6.45, 7) is 4.59. The van der Waals surface area contributed by atoms with Crippen molar-refractivity contribution in [1.82, 2.24) is 0 Å². The fourth-order valence-corrected chi connectivity index (χ4v) is 13.5. The van der Waals surface area contributed by atoms with Crippen molar-refractivity contribution in [2.24, 2.45) is 64.1 Å². The van der Waals surface area contributed by atoms with Gasteiger partial charge in [-0.25, -0.2) is 0 Å². The van der Waals surface area contributed by atoms with E-state index in [1.54, 1.807) is 0 Å². The van der Waals surface area contributed by atoms with Crippen molar-refractivity contribution in [3.05, 3.63) is 23.3 Å². The van der Waals surface area contributed by atoms with Gasteiger partial charge in [0.05, 0.1) is 12.5 Å². The van der Waals surface area contributed by atoms with Gasteiger partial charge < -0.3 is 9.84 Å². The third-order valence-corrected chi connectivity index (χ3v) is 15.8. The molecule has 5 unspecified atom stereocenters. The Bertz CT molecular complexity index is 1400. The first-order valence-corrected chi connectivity index (χ1v) is 18.4. The van der Waals surface area contributed by atoms with Gasteiger partial charge in [-0.15, -0.1) is 6.42 Å². The van der Waals surface area contributed by atoms with Crippen molar-refractivity contribution < 1.29 is 24.2 Å². The average molecular weight is 613 g/mol. The van der Waals surface area contributed by atoms with Gasteiger partial charge in [0, 0.05) is 17.8 Å². The predicted octanol–water partition coefficient (Wildman–Crippen LogP) is 7.16. The fourth-order valence-electron chi connectivity index (χ4n) is 13.5. The fraction of sp³-hybridized carbons (Fsp3) is 0.775. The maximum absolute atomic E-state index is 13.8. The summed E-state index contributed by atoms with van der Waals surface area (Å²) in [4.78, 5) is 39.3. The molecule has 242 valence electrons. The molecule has 0 aromatic heterocycles. The number of rotatable bonds is 3. The Kier molecular flexibility index (Phi) is 7.15. The smallest absolute Gasteiger partial charge is 0.308 e. The predicted molar refractivity (Wildman–Crippen MR) is 171 cm³/mol.